The molecule has 0 radical (unpaired) electrons. The molecule has 0 heterocycles. The van der Waals surface area contributed by atoms with Crippen molar-refractivity contribution in [2.24, 2.45) is 5.41 Å². The van der Waals surface area contributed by atoms with Gasteiger partial charge in [-0.15, -0.1) is 0 Å². The molecule has 0 saturated carbocycles. The molecule has 1 rings (SSSR count). The Balaban J connectivity index is 3.10. The first-order chi connectivity index (χ1) is 9.28. The Morgan fingerprint density at radius 2 is 1.80 bits per heavy atom. The van der Waals surface area contributed by atoms with Crippen molar-refractivity contribution in [3.8, 4) is 0 Å². The van der Waals surface area contributed by atoms with Crippen LogP contribution in [-0.4, -0.2) is 17.5 Å². The minimum Gasteiger partial charge on any atom is -0.422 e. The summed E-state index contributed by atoms with van der Waals surface area (Å²) >= 11 is 0. The van der Waals surface area contributed by atoms with Gasteiger partial charge in [0.25, 0.3) is 0 Å². The third kappa shape index (κ3) is 2.85. The molecule has 0 atom stereocenters. The van der Waals surface area contributed by atoms with E-state index < -0.39 is 23.0 Å². The molecule has 0 fully saturated rings. The van der Waals surface area contributed by atoms with Gasteiger partial charge >= 0.3 is 5.97 Å². The van der Waals surface area contributed by atoms with Crippen LogP contribution in [0.5, 0.6) is 0 Å². The van der Waals surface area contributed by atoms with Crippen LogP contribution < -0.4 is 0 Å². The summed E-state index contributed by atoms with van der Waals surface area (Å²) < 4.78 is 5.09. The number of hydrogen-bond acceptors (Lipinski definition) is 4. The minimum absolute atomic E-state index is 0.101. The molecule has 1 aliphatic carbocycles. The van der Waals surface area contributed by atoms with Crippen molar-refractivity contribution in [1.29, 1.82) is 0 Å². The van der Waals surface area contributed by atoms with Crippen LogP contribution in [0.2, 0.25) is 0 Å². The van der Waals surface area contributed by atoms with E-state index in [0.29, 0.717) is 6.42 Å². The molecule has 4 heteroatoms. The normalized spacial score (nSPS) is 15.8. The molecule has 0 aromatic rings. The van der Waals surface area contributed by atoms with Gasteiger partial charge in [0.05, 0.1) is 5.41 Å². The van der Waals surface area contributed by atoms with Crippen LogP contribution in [0.15, 0.2) is 48.3 Å². The maximum Gasteiger partial charge on any atom is 0.317 e. The standard InChI is InChI=1S/C16H18O4/c1-6-10-11(7-2)14(18)13(9-12(10)17)20-15(19)16(4,5)8-3/h6-7,9H,1-2,8H2,3-5H3. The van der Waals surface area contributed by atoms with Gasteiger partial charge in [0.2, 0.25) is 5.78 Å². The maximum absolute atomic E-state index is 12.1. The molecule has 0 bridgehead atoms. The highest BCUT2D eigenvalue weighted by Crippen LogP contribution is 2.26. The number of hydrogen-bond donors (Lipinski definition) is 0. The Morgan fingerprint density at radius 3 is 2.25 bits per heavy atom. The van der Waals surface area contributed by atoms with Gasteiger partial charge in [-0.05, 0) is 20.3 Å². The van der Waals surface area contributed by atoms with Gasteiger partial charge in [-0.3, -0.25) is 14.4 Å². The lowest BCUT2D eigenvalue weighted by atomic mass is 9.90. The number of esters is 1. The molecule has 1 aliphatic rings. The van der Waals surface area contributed by atoms with Crippen LogP contribution in [0.3, 0.4) is 0 Å². The number of carbonyl (C=O) groups excluding carboxylic acids is 3. The lowest BCUT2D eigenvalue weighted by Gasteiger charge is -2.22. The van der Waals surface area contributed by atoms with E-state index in [1.807, 2.05) is 6.92 Å². The van der Waals surface area contributed by atoms with Crippen LogP contribution in [0.1, 0.15) is 27.2 Å². The van der Waals surface area contributed by atoms with Crippen molar-refractivity contribution >= 4 is 17.5 Å². The predicted octanol–water partition coefficient (Wildman–Crippen LogP) is 2.67. The van der Waals surface area contributed by atoms with Crippen molar-refractivity contribution in [2.75, 3.05) is 0 Å². The van der Waals surface area contributed by atoms with E-state index in [9.17, 15) is 14.4 Å². The molecule has 106 valence electrons. The highest BCUT2D eigenvalue weighted by atomic mass is 16.5. The monoisotopic (exact) mass is 274 g/mol. The Labute approximate surface area is 118 Å². The summed E-state index contributed by atoms with van der Waals surface area (Å²) in [7, 11) is 0. The Bertz CT molecular complexity index is 559. The Kier molecular flexibility index (Phi) is 4.61. The first-order valence-electron chi connectivity index (χ1n) is 6.30. The Hall–Kier alpha value is -2.23. The minimum atomic E-state index is -0.721. The van der Waals surface area contributed by atoms with Gasteiger partial charge in [-0.25, -0.2) is 0 Å². The topological polar surface area (TPSA) is 60.4 Å². The van der Waals surface area contributed by atoms with Gasteiger partial charge in [0.1, 0.15) is 0 Å². The second-order valence-corrected chi connectivity index (χ2v) is 5.06. The zero-order valence-corrected chi connectivity index (χ0v) is 12.0. The molecular weight excluding hydrogens is 256 g/mol. The first-order valence-corrected chi connectivity index (χ1v) is 6.30. The van der Waals surface area contributed by atoms with E-state index in [4.69, 9.17) is 4.74 Å². The van der Waals surface area contributed by atoms with Crippen LogP contribution in [0.25, 0.3) is 0 Å². The quantitative estimate of drug-likeness (QED) is 0.571. The zero-order valence-electron chi connectivity index (χ0n) is 12.0. The fraction of sp³-hybridized carbons (Fsp3) is 0.312. The molecule has 0 saturated heterocycles. The SMILES string of the molecule is C=CC1=C(C=C)C(=O)C(OC(=O)C(C)(C)CC)=CC1=O. The number of rotatable bonds is 5. The molecule has 0 aromatic carbocycles. The van der Waals surface area contributed by atoms with Gasteiger partial charge in [0, 0.05) is 17.2 Å². The first kappa shape index (κ1) is 15.8. The number of ketones is 2. The van der Waals surface area contributed by atoms with Crippen molar-refractivity contribution in [3.63, 3.8) is 0 Å². The zero-order chi connectivity index (χ0) is 15.5. The number of Topliss-reactive ketones (excluding diaryl/α,β-unsaturated/α-hetero) is 1. The number of ether oxygens (including phenoxy) is 1. The van der Waals surface area contributed by atoms with Crippen molar-refractivity contribution in [2.45, 2.75) is 27.2 Å². The lowest BCUT2D eigenvalue weighted by Crippen LogP contribution is -2.29. The van der Waals surface area contributed by atoms with Crippen molar-refractivity contribution in [1.82, 2.24) is 0 Å². The van der Waals surface area contributed by atoms with Gasteiger partial charge in [0.15, 0.2) is 11.5 Å². The summed E-state index contributed by atoms with van der Waals surface area (Å²) in [4.78, 5) is 36.0. The second kappa shape index (κ2) is 5.82. The summed E-state index contributed by atoms with van der Waals surface area (Å²) in [6, 6.07) is 0. The van der Waals surface area contributed by atoms with Crippen LogP contribution >= 0.6 is 0 Å². The third-order valence-electron chi connectivity index (χ3n) is 3.33. The molecule has 4 nitrogen and oxygen atoms in total. The summed E-state index contributed by atoms with van der Waals surface area (Å²) in [6.45, 7) is 12.3. The largest absolute Gasteiger partial charge is 0.422 e. The van der Waals surface area contributed by atoms with Gasteiger partial charge < -0.3 is 4.74 Å². The maximum atomic E-state index is 12.1. The Morgan fingerprint density at radius 1 is 1.25 bits per heavy atom. The summed E-state index contributed by atoms with van der Waals surface area (Å²) in [5, 5.41) is 0. The third-order valence-corrected chi connectivity index (χ3v) is 3.33. The summed E-state index contributed by atoms with van der Waals surface area (Å²) in [5.41, 5.74) is -0.454. The molecule has 20 heavy (non-hydrogen) atoms. The van der Waals surface area contributed by atoms with E-state index in [0.717, 1.165) is 6.08 Å². The average Bonchev–Trinajstić information content (AvgIpc) is 2.41. The van der Waals surface area contributed by atoms with E-state index >= 15 is 0 Å². The van der Waals surface area contributed by atoms with Gasteiger partial charge in [-0.2, -0.15) is 0 Å². The lowest BCUT2D eigenvalue weighted by molar-refractivity contribution is -0.151. The highest BCUT2D eigenvalue weighted by molar-refractivity contribution is 6.24. The average molecular weight is 274 g/mol. The van der Waals surface area contributed by atoms with Crippen LogP contribution in [0, 0.1) is 5.41 Å². The molecule has 0 spiro atoms. The van der Waals surface area contributed by atoms with E-state index in [2.05, 4.69) is 13.2 Å². The molecule has 0 aromatic heterocycles. The fourth-order valence-corrected chi connectivity index (χ4v) is 1.52. The van der Waals surface area contributed by atoms with Crippen molar-refractivity contribution < 1.29 is 19.1 Å². The molecule has 0 amide bonds. The van der Waals surface area contributed by atoms with Crippen LogP contribution in [0.4, 0.5) is 0 Å². The van der Waals surface area contributed by atoms with Crippen LogP contribution in [-0.2, 0) is 19.1 Å². The number of carbonyl (C=O) groups is 3. The van der Waals surface area contributed by atoms with E-state index in [-0.39, 0.29) is 16.9 Å². The molecule has 0 unspecified atom stereocenters. The van der Waals surface area contributed by atoms with Gasteiger partial charge in [-0.1, -0.05) is 32.2 Å². The molecule has 0 aliphatic heterocycles. The second-order valence-electron chi connectivity index (χ2n) is 5.06. The summed E-state index contributed by atoms with van der Waals surface area (Å²) in [6.07, 6.45) is 4.14. The predicted molar refractivity (Wildman–Crippen MR) is 75.7 cm³/mol. The fourth-order valence-electron chi connectivity index (χ4n) is 1.52. The molecule has 0 N–H and O–H groups in total. The number of allylic oxidation sites excluding steroid dienone is 5. The summed E-state index contributed by atoms with van der Waals surface area (Å²) in [5.74, 6) is -1.76. The van der Waals surface area contributed by atoms with Crippen molar-refractivity contribution in [3.05, 3.63) is 48.3 Å². The molecular formula is C16H18O4. The highest BCUT2D eigenvalue weighted by Gasteiger charge is 2.33. The van der Waals surface area contributed by atoms with E-state index in [1.165, 1.54) is 12.2 Å². The van der Waals surface area contributed by atoms with E-state index in [1.54, 1.807) is 13.8 Å². The smallest absolute Gasteiger partial charge is 0.317 e.